The van der Waals surface area contributed by atoms with Gasteiger partial charge in [0.15, 0.2) is 5.13 Å². The molecular formula is C31H29N3O4S. The number of carboxylic acids is 1. The van der Waals surface area contributed by atoms with E-state index in [9.17, 15) is 9.90 Å². The number of hydrogen-bond acceptors (Lipinski definition) is 7. The molecule has 1 aliphatic heterocycles. The zero-order valence-electron chi connectivity index (χ0n) is 21.9. The smallest absolute Gasteiger partial charge is 0.306 e. The molecule has 7 nitrogen and oxygen atoms in total. The van der Waals surface area contributed by atoms with Crippen LogP contribution >= 0.6 is 11.3 Å². The number of piperidine rings is 1. The molecule has 8 heteroatoms. The highest BCUT2D eigenvalue weighted by Gasteiger charge is 2.26. The quantitative estimate of drug-likeness (QED) is 0.271. The first-order chi connectivity index (χ1) is 18.9. The summed E-state index contributed by atoms with van der Waals surface area (Å²) in [6.07, 6.45) is 1.25. The first kappa shape index (κ1) is 26.3. The standard InChI is InChI=1S/C31H29N3O4S/c1-20-15-24(22-5-3-21(17-32)4-6-22)7-8-25(20)18-38-29-10-9-26(37-2)16-27(29)28-19-39-31(33-28)34-13-11-23(12-14-34)30(35)36/h3-10,15-16,19,23H,11-14,18H2,1-2H3,(H,35,36). The molecule has 1 N–H and O–H groups in total. The van der Waals surface area contributed by atoms with Crippen molar-refractivity contribution in [2.75, 3.05) is 25.1 Å². The largest absolute Gasteiger partial charge is 0.497 e. The summed E-state index contributed by atoms with van der Waals surface area (Å²) in [6, 6.07) is 21.7. The Morgan fingerprint density at radius 2 is 1.85 bits per heavy atom. The average Bonchev–Trinajstić information content (AvgIpc) is 3.47. The van der Waals surface area contributed by atoms with E-state index in [2.05, 4.69) is 36.1 Å². The first-order valence-electron chi connectivity index (χ1n) is 12.8. The van der Waals surface area contributed by atoms with Crippen molar-refractivity contribution < 1.29 is 19.4 Å². The predicted octanol–water partition coefficient (Wildman–Crippen LogP) is 6.55. The minimum absolute atomic E-state index is 0.277. The number of carbonyl (C=O) groups is 1. The van der Waals surface area contributed by atoms with Gasteiger partial charge in [0.1, 0.15) is 18.1 Å². The molecule has 0 unspecified atom stereocenters. The number of aryl methyl sites for hydroxylation is 1. The molecule has 1 fully saturated rings. The van der Waals surface area contributed by atoms with E-state index < -0.39 is 5.97 Å². The summed E-state index contributed by atoms with van der Waals surface area (Å²) in [4.78, 5) is 18.3. The molecule has 198 valence electrons. The molecule has 0 spiro atoms. The topological polar surface area (TPSA) is 95.7 Å². The highest BCUT2D eigenvalue weighted by Crippen LogP contribution is 2.37. The lowest BCUT2D eigenvalue weighted by Crippen LogP contribution is -2.36. The lowest BCUT2D eigenvalue weighted by Gasteiger charge is -2.29. The van der Waals surface area contributed by atoms with E-state index in [-0.39, 0.29) is 5.92 Å². The van der Waals surface area contributed by atoms with Gasteiger partial charge in [-0.3, -0.25) is 4.79 Å². The van der Waals surface area contributed by atoms with Gasteiger partial charge < -0.3 is 19.5 Å². The number of hydrogen-bond donors (Lipinski definition) is 1. The third-order valence-electron chi connectivity index (χ3n) is 7.14. The number of nitrogens with zero attached hydrogens (tertiary/aromatic N) is 3. The zero-order valence-corrected chi connectivity index (χ0v) is 22.7. The van der Waals surface area contributed by atoms with Crippen molar-refractivity contribution in [1.29, 1.82) is 5.26 Å². The molecule has 0 aliphatic carbocycles. The monoisotopic (exact) mass is 539 g/mol. The summed E-state index contributed by atoms with van der Waals surface area (Å²) in [5.41, 5.74) is 6.65. The van der Waals surface area contributed by atoms with Crippen LogP contribution in [0.2, 0.25) is 0 Å². The van der Waals surface area contributed by atoms with Gasteiger partial charge in [-0.05, 0) is 72.4 Å². The highest BCUT2D eigenvalue weighted by atomic mass is 32.1. The second-order valence-electron chi connectivity index (χ2n) is 9.60. The van der Waals surface area contributed by atoms with Crippen LogP contribution in [0.15, 0.2) is 66.0 Å². The molecule has 2 heterocycles. The normalized spacial score (nSPS) is 13.6. The van der Waals surface area contributed by atoms with Gasteiger partial charge in [0, 0.05) is 24.0 Å². The Labute approximate surface area is 231 Å². The number of nitriles is 1. The van der Waals surface area contributed by atoms with Crippen molar-refractivity contribution in [2.24, 2.45) is 5.92 Å². The number of anilines is 1. The third kappa shape index (κ3) is 5.89. The Balaban J connectivity index is 1.33. The van der Waals surface area contributed by atoms with Crippen LogP contribution in [0.25, 0.3) is 22.4 Å². The fraction of sp³-hybridized carbons (Fsp3) is 0.258. The van der Waals surface area contributed by atoms with Crippen LogP contribution in [-0.2, 0) is 11.4 Å². The predicted molar refractivity (Wildman–Crippen MR) is 152 cm³/mol. The van der Waals surface area contributed by atoms with Gasteiger partial charge in [-0.15, -0.1) is 11.3 Å². The number of methoxy groups -OCH3 is 1. The van der Waals surface area contributed by atoms with E-state index in [0.29, 0.717) is 43.9 Å². The Bertz CT molecular complexity index is 1520. The number of rotatable bonds is 8. The van der Waals surface area contributed by atoms with Crippen molar-refractivity contribution >= 4 is 22.4 Å². The number of thiazole rings is 1. The maximum absolute atomic E-state index is 11.3. The second-order valence-corrected chi connectivity index (χ2v) is 10.4. The van der Waals surface area contributed by atoms with Crippen molar-refractivity contribution in [3.8, 4) is 40.0 Å². The molecule has 1 saturated heterocycles. The van der Waals surface area contributed by atoms with Gasteiger partial charge in [0.2, 0.25) is 0 Å². The molecule has 0 bridgehead atoms. The van der Waals surface area contributed by atoms with Gasteiger partial charge in [-0.1, -0.05) is 30.3 Å². The average molecular weight is 540 g/mol. The Morgan fingerprint density at radius 1 is 1.10 bits per heavy atom. The van der Waals surface area contributed by atoms with E-state index in [4.69, 9.17) is 19.7 Å². The number of carboxylic acid groups (broad SMARTS) is 1. The van der Waals surface area contributed by atoms with E-state index in [1.165, 1.54) is 0 Å². The maximum atomic E-state index is 11.3. The fourth-order valence-electron chi connectivity index (χ4n) is 4.74. The lowest BCUT2D eigenvalue weighted by atomic mass is 9.97. The van der Waals surface area contributed by atoms with Gasteiger partial charge in [0.25, 0.3) is 0 Å². The summed E-state index contributed by atoms with van der Waals surface area (Å²) < 4.78 is 11.8. The summed E-state index contributed by atoms with van der Waals surface area (Å²) in [6.45, 7) is 3.84. The number of aliphatic carboxylic acids is 1. The summed E-state index contributed by atoms with van der Waals surface area (Å²) in [7, 11) is 1.64. The van der Waals surface area contributed by atoms with Crippen molar-refractivity contribution in [1.82, 2.24) is 4.98 Å². The zero-order chi connectivity index (χ0) is 27.4. The lowest BCUT2D eigenvalue weighted by molar-refractivity contribution is -0.142. The highest BCUT2D eigenvalue weighted by molar-refractivity contribution is 7.14. The minimum Gasteiger partial charge on any atom is -0.497 e. The molecule has 0 saturated carbocycles. The van der Waals surface area contributed by atoms with Crippen LogP contribution < -0.4 is 14.4 Å². The molecule has 0 radical (unpaired) electrons. The second kappa shape index (κ2) is 11.6. The van der Waals surface area contributed by atoms with Crippen LogP contribution in [0.3, 0.4) is 0 Å². The Kier molecular flexibility index (Phi) is 7.80. The van der Waals surface area contributed by atoms with E-state index in [1.807, 2.05) is 47.8 Å². The van der Waals surface area contributed by atoms with Crippen LogP contribution in [0.4, 0.5) is 5.13 Å². The minimum atomic E-state index is -0.716. The molecule has 5 rings (SSSR count). The molecular weight excluding hydrogens is 510 g/mol. The number of aromatic nitrogens is 1. The number of benzene rings is 3. The van der Waals surface area contributed by atoms with Crippen LogP contribution in [0, 0.1) is 24.2 Å². The summed E-state index contributed by atoms with van der Waals surface area (Å²) >= 11 is 1.55. The molecule has 3 aromatic carbocycles. The fourth-order valence-corrected chi connectivity index (χ4v) is 5.62. The van der Waals surface area contributed by atoms with Gasteiger partial charge in [-0.2, -0.15) is 5.26 Å². The molecule has 0 atom stereocenters. The third-order valence-corrected chi connectivity index (χ3v) is 8.04. The van der Waals surface area contributed by atoms with Crippen LogP contribution in [0.1, 0.15) is 29.5 Å². The molecule has 39 heavy (non-hydrogen) atoms. The molecule has 1 aliphatic rings. The molecule has 4 aromatic rings. The van der Waals surface area contributed by atoms with Crippen LogP contribution in [0.5, 0.6) is 11.5 Å². The van der Waals surface area contributed by atoms with Crippen molar-refractivity contribution in [3.05, 3.63) is 82.7 Å². The van der Waals surface area contributed by atoms with Gasteiger partial charge in [0.05, 0.1) is 30.4 Å². The molecule has 1 aromatic heterocycles. The summed E-state index contributed by atoms with van der Waals surface area (Å²) in [5, 5.41) is 21.2. The summed E-state index contributed by atoms with van der Waals surface area (Å²) in [5.74, 6) is 0.442. The van der Waals surface area contributed by atoms with Gasteiger partial charge >= 0.3 is 5.97 Å². The van der Waals surface area contributed by atoms with Crippen LogP contribution in [-0.4, -0.2) is 36.3 Å². The number of ether oxygens (including phenoxy) is 2. The van der Waals surface area contributed by atoms with Crippen molar-refractivity contribution in [3.63, 3.8) is 0 Å². The van der Waals surface area contributed by atoms with E-state index >= 15 is 0 Å². The van der Waals surface area contributed by atoms with Gasteiger partial charge in [-0.25, -0.2) is 4.98 Å². The SMILES string of the molecule is COc1ccc(OCc2ccc(-c3ccc(C#N)cc3)cc2C)c(-c2csc(N3CCC(C(=O)O)CC3)n2)c1. The Morgan fingerprint density at radius 3 is 2.51 bits per heavy atom. The molecule has 0 amide bonds. The van der Waals surface area contributed by atoms with E-state index in [0.717, 1.165) is 44.4 Å². The van der Waals surface area contributed by atoms with Crippen molar-refractivity contribution in [2.45, 2.75) is 26.4 Å². The Hall–Kier alpha value is -4.35. The van der Waals surface area contributed by atoms with E-state index in [1.54, 1.807) is 18.4 Å². The first-order valence-corrected chi connectivity index (χ1v) is 13.7. The maximum Gasteiger partial charge on any atom is 0.306 e.